The van der Waals surface area contributed by atoms with E-state index in [4.69, 9.17) is 23.2 Å². The summed E-state index contributed by atoms with van der Waals surface area (Å²) in [6.45, 7) is 1.63. The molecule has 0 radical (unpaired) electrons. The van der Waals surface area contributed by atoms with E-state index in [2.05, 4.69) is 17.4 Å². The molecule has 7 heteroatoms. The maximum absolute atomic E-state index is 12.6. The molecule has 1 aliphatic heterocycles. The van der Waals surface area contributed by atoms with Crippen LogP contribution in [0.25, 0.3) is 0 Å². The molecule has 142 valence electrons. The smallest absolute Gasteiger partial charge is 0.238 e. The fourth-order valence-corrected chi connectivity index (χ4v) is 3.41. The summed E-state index contributed by atoms with van der Waals surface area (Å²) >= 11 is 11.8. The van der Waals surface area contributed by atoms with Crippen molar-refractivity contribution < 1.29 is 9.59 Å². The van der Waals surface area contributed by atoms with E-state index in [1.165, 1.54) is 11.1 Å². The maximum atomic E-state index is 12.6. The number of anilines is 1. The Kier molecular flexibility index (Phi) is 6.37. The molecule has 0 fully saturated rings. The average molecular weight is 406 g/mol. The fourth-order valence-electron chi connectivity index (χ4n) is 3.11. The molecule has 2 aromatic carbocycles. The van der Waals surface area contributed by atoms with Crippen molar-refractivity contribution in [1.82, 2.24) is 9.80 Å². The predicted molar refractivity (Wildman–Crippen MR) is 108 cm³/mol. The largest absolute Gasteiger partial charge is 0.337 e. The molecule has 27 heavy (non-hydrogen) atoms. The minimum Gasteiger partial charge on any atom is -0.337 e. The minimum atomic E-state index is -0.215. The molecule has 1 heterocycles. The summed E-state index contributed by atoms with van der Waals surface area (Å²) in [7, 11) is 1.75. The first kappa shape index (κ1) is 19.7. The molecular formula is C20H21Cl2N3O2. The second kappa shape index (κ2) is 8.74. The molecule has 0 saturated carbocycles. The Morgan fingerprint density at radius 3 is 2.56 bits per heavy atom. The Morgan fingerprint density at radius 1 is 1.07 bits per heavy atom. The number of likely N-dealkylation sites (N-methyl/N-ethyl adjacent to an activating group) is 1. The third kappa shape index (κ3) is 5.22. The van der Waals surface area contributed by atoms with Crippen LogP contribution in [0.1, 0.15) is 11.1 Å². The molecule has 0 aromatic heterocycles. The molecule has 2 amide bonds. The van der Waals surface area contributed by atoms with Crippen molar-refractivity contribution in [2.24, 2.45) is 0 Å². The molecule has 1 aliphatic rings. The number of nitrogens with one attached hydrogen (secondary N) is 1. The van der Waals surface area contributed by atoms with Gasteiger partial charge in [-0.1, -0.05) is 47.5 Å². The zero-order valence-electron chi connectivity index (χ0n) is 15.0. The van der Waals surface area contributed by atoms with Gasteiger partial charge in [-0.3, -0.25) is 14.5 Å². The van der Waals surface area contributed by atoms with E-state index in [-0.39, 0.29) is 24.9 Å². The summed E-state index contributed by atoms with van der Waals surface area (Å²) in [6.07, 6.45) is 0.865. The van der Waals surface area contributed by atoms with Crippen LogP contribution in [0.5, 0.6) is 0 Å². The molecule has 0 unspecified atom stereocenters. The number of hydrogen-bond donors (Lipinski definition) is 1. The number of benzene rings is 2. The molecular weight excluding hydrogens is 385 g/mol. The van der Waals surface area contributed by atoms with E-state index in [1.54, 1.807) is 30.1 Å². The molecule has 0 bridgehead atoms. The third-order valence-corrected chi connectivity index (χ3v) is 5.24. The molecule has 1 N–H and O–H groups in total. The lowest BCUT2D eigenvalue weighted by Crippen LogP contribution is -2.43. The van der Waals surface area contributed by atoms with Crippen molar-refractivity contribution in [3.8, 4) is 0 Å². The number of carbonyl (C=O) groups excluding carboxylic acids is 2. The van der Waals surface area contributed by atoms with Crippen LogP contribution in [-0.4, -0.2) is 48.3 Å². The van der Waals surface area contributed by atoms with Gasteiger partial charge in [0.05, 0.1) is 23.1 Å². The van der Waals surface area contributed by atoms with Crippen molar-refractivity contribution >= 4 is 40.7 Å². The zero-order valence-corrected chi connectivity index (χ0v) is 16.6. The van der Waals surface area contributed by atoms with Crippen molar-refractivity contribution in [2.75, 3.05) is 32.0 Å². The second-order valence-corrected chi connectivity index (χ2v) is 7.50. The van der Waals surface area contributed by atoms with Crippen LogP contribution in [0.3, 0.4) is 0 Å². The van der Waals surface area contributed by atoms with E-state index < -0.39 is 0 Å². The minimum absolute atomic E-state index is 0.0225. The highest BCUT2D eigenvalue weighted by Crippen LogP contribution is 2.25. The Morgan fingerprint density at radius 2 is 1.81 bits per heavy atom. The summed E-state index contributed by atoms with van der Waals surface area (Å²) in [6, 6.07) is 13.1. The normalized spacial score (nSPS) is 13.4. The van der Waals surface area contributed by atoms with E-state index in [9.17, 15) is 9.59 Å². The van der Waals surface area contributed by atoms with Crippen LogP contribution in [0, 0.1) is 0 Å². The van der Waals surface area contributed by atoms with Gasteiger partial charge in [0.1, 0.15) is 0 Å². The summed E-state index contributed by atoms with van der Waals surface area (Å²) < 4.78 is 0. The Hall–Kier alpha value is -2.08. The van der Waals surface area contributed by atoms with Gasteiger partial charge in [0.15, 0.2) is 0 Å². The molecule has 0 atom stereocenters. The van der Waals surface area contributed by atoms with Gasteiger partial charge in [-0.05, 0) is 42.8 Å². The van der Waals surface area contributed by atoms with Crippen LogP contribution >= 0.6 is 23.2 Å². The maximum Gasteiger partial charge on any atom is 0.238 e. The van der Waals surface area contributed by atoms with Gasteiger partial charge in [-0.25, -0.2) is 0 Å². The van der Waals surface area contributed by atoms with Gasteiger partial charge in [0.25, 0.3) is 0 Å². The van der Waals surface area contributed by atoms with Crippen LogP contribution < -0.4 is 5.32 Å². The van der Waals surface area contributed by atoms with Gasteiger partial charge < -0.3 is 10.2 Å². The lowest BCUT2D eigenvalue weighted by Gasteiger charge is -2.30. The number of carbonyl (C=O) groups is 2. The number of nitrogens with zero attached hydrogens (tertiary/aromatic N) is 2. The highest BCUT2D eigenvalue weighted by atomic mass is 35.5. The average Bonchev–Trinajstić information content (AvgIpc) is 2.64. The number of amides is 2. The molecule has 5 nitrogen and oxygen atoms in total. The molecule has 0 spiro atoms. The van der Waals surface area contributed by atoms with Crippen LogP contribution in [-0.2, 0) is 22.6 Å². The zero-order chi connectivity index (χ0) is 19.4. The van der Waals surface area contributed by atoms with E-state index >= 15 is 0 Å². The van der Waals surface area contributed by atoms with Gasteiger partial charge in [-0.2, -0.15) is 0 Å². The highest BCUT2D eigenvalue weighted by Gasteiger charge is 2.21. The topological polar surface area (TPSA) is 52.7 Å². The monoisotopic (exact) mass is 405 g/mol. The van der Waals surface area contributed by atoms with E-state index in [0.29, 0.717) is 28.8 Å². The molecule has 3 rings (SSSR count). The molecule has 2 aromatic rings. The quantitative estimate of drug-likeness (QED) is 0.828. The van der Waals surface area contributed by atoms with Crippen LogP contribution in [0.15, 0.2) is 42.5 Å². The summed E-state index contributed by atoms with van der Waals surface area (Å²) in [5.41, 5.74) is 3.06. The number of halogens is 2. The predicted octanol–water partition coefficient (Wildman–Crippen LogP) is 3.45. The first-order valence-electron chi connectivity index (χ1n) is 8.70. The first-order chi connectivity index (χ1) is 12.9. The fraction of sp³-hybridized carbons (Fsp3) is 0.300. The first-order valence-corrected chi connectivity index (χ1v) is 9.46. The highest BCUT2D eigenvalue weighted by molar-refractivity contribution is 6.42. The Bertz CT molecular complexity index is 857. The molecule has 0 saturated heterocycles. The van der Waals surface area contributed by atoms with Gasteiger partial charge in [0, 0.05) is 18.8 Å². The van der Waals surface area contributed by atoms with Crippen LogP contribution in [0.2, 0.25) is 10.0 Å². The summed E-state index contributed by atoms with van der Waals surface area (Å²) in [5, 5.41) is 3.57. The van der Waals surface area contributed by atoms with Crippen LogP contribution in [0.4, 0.5) is 5.69 Å². The SMILES string of the molecule is CN(CC(=O)Nc1ccc(Cl)c(Cl)c1)CC(=O)N1CCc2ccccc2C1. The molecule has 0 aliphatic carbocycles. The van der Waals surface area contributed by atoms with E-state index in [1.807, 2.05) is 17.0 Å². The van der Waals surface area contributed by atoms with E-state index in [0.717, 1.165) is 6.42 Å². The number of fused-ring (bicyclic) bond motifs is 1. The lowest BCUT2D eigenvalue weighted by atomic mass is 10.00. The van der Waals surface area contributed by atoms with Gasteiger partial charge in [-0.15, -0.1) is 0 Å². The van der Waals surface area contributed by atoms with Crippen molar-refractivity contribution in [3.63, 3.8) is 0 Å². The number of rotatable bonds is 5. The van der Waals surface area contributed by atoms with Crippen molar-refractivity contribution in [2.45, 2.75) is 13.0 Å². The van der Waals surface area contributed by atoms with Crippen molar-refractivity contribution in [1.29, 1.82) is 0 Å². The summed E-state index contributed by atoms with van der Waals surface area (Å²) in [5.74, 6) is -0.193. The lowest BCUT2D eigenvalue weighted by molar-refractivity contribution is -0.133. The Balaban J connectivity index is 1.50. The van der Waals surface area contributed by atoms with Crippen molar-refractivity contribution in [3.05, 3.63) is 63.6 Å². The van der Waals surface area contributed by atoms with Gasteiger partial charge in [0.2, 0.25) is 11.8 Å². The standard InChI is InChI=1S/C20H21Cl2N3O2/c1-24(12-19(26)23-16-6-7-17(21)18(22)10-16)13-20(27)25-9-8-14-4-2-3-5-15(14)11-25/h2-7,10H,8-9,11-13H2,1H3,(H,23,26). The second-order valence-electron chi connectivity index (χ2n) is 6.68. The number of hydrogen-bond acceptors (Lipinski definition) is 3. The Labute approximate surface area is 168 Å². The van der Waals surface area contributed by atoms with Gasteiger partial charge >= 0.3 is 0 Å². The summed E-state index contributed by atoms with van der Waals surface area (Å²) in [4.78, 5) is 28.3. The third-order valence-electron chi connectivity index (χ3n) is 4.51.